The fraction of sp³-hybridized carbons (Fsp3) is 0.462. The van der Waals surface area contributed by atoms with Gasteiger partial charge in [0.05, 0.1) is 10.4 Å². The summed E-state index contributed by atoms with van der Waals surface area (Å²) in [6, 6.07) is 6.85. The monoisotopic (exact) mass is 266 g/mol. The highest BCUT2D eigenvalue weighted by Gasteiger charge is 2.40. The van der Waals surface area contributed by atoms with Gasteiger partial charge in [-0.25, -0.2) is 0 Å². The highest BCUT2D eigenvalue weighted by molar-refractivity contribution is 7.89. The number of aryl methyl sites for hydroxylation is 1. The highest BCUT2D eigenvalue weighted by atomic mass is 32.2. The van der Waals surface area contributed by atoms with Crippen molar-refractivity contribution in [3.8, 4) is 0 Å². The van der Waals surface area contributed by atoms with E-state index in [0.29, 0.717) is 11.3 Å². The van der Waals surface area contributed by atoms with Crippen LogP contribution in [0.25, 0.3) is 0 Å². The molecule has 0 bridgehead atoms. The van der Waals surface area contributed by atoms with Crippen molar-refractivity contribution in [2.24, 2.45) is 5.10 Å². The molecular weight excluding hydrogens is 248 g/mol. The van der Waals surface area contributed by atoms with E-state index in [-0.39, 0.29) is 0 Å². The molecule has 4 nitrogen and oxygen atoms in total. The van der Waals surface area contributed by atoms with Gasteiger partial charge in [0.25, 0.3) is 10.0 Å². The Hall–Kier alpha value is -1.36. The molecule has 5 heteroatoms. The van der Waals surface area contributed by atoms with Crippen molar-refractivity contribution in [2.75, 3.05) is 0 Å². The molecule has 0 fully saturated rings. The van der Waals surface area contributed by atoms with Crippen LogP contribution >= 0.6 is 0 Å². The Bertz CT molecular complexity index is 586. The zero-order chi connectivity index (χ0) is 13.6. The summed E-state index contributed by atoms with van der Waals surface area (Å²) in [6.45, 7) is 7.56. The number of hydrogen-bond donors (Lipinski definition) is 0. The van der Waals surface area contributed by atoms with Gasteiger partial charge < -0.3 is 0 Å². The maximum Gasteiger partial charge on any atom is 0.279 e. The Morgan fingerprint density at radius 3 is 2.17 bits per heavy atom. The highest BCUT2D eigenvalue weighted by Crippen LogP contribution is 2.32. The van der Waals surface area contributed by atoms with Gasteiger partial charge in [0.1, 0.15) is 0 Å². The van der Waals surface area contributed by atoms with E-state index in [9.17, 15) is 8.42 Å². The van der Waals surface area contributed by atoms with E-state index < -0.39 is 15.6 Å². The van der Waals surface area contributed by atoms with Crippen molar-refractivity contribution in [1.29, 1.82) is 0 Å². The maximum atomic E-state index is 12.5. The number of rotatable bonds is 2. The lowest BCUT2D eigenvalue weighted by atomic mass is 10.0. The van der Waals surface area contributed by atoms with Crippen LogP contribution in [0.3, 0.4) is 0 Å². The number of benzene rings is 1. The Morgan fingerprint density at radius 1 is 1.17 bits per heavy atom. The lowest BCUT2D eigenvalue weighted by Crippen LogP contribution is -2.40. The van der Waals surface area contributed by atoms with Crippen molar-refractivity contribution in [2.45, 2.75) is 44.6 Å². The molecule has 0 aromatic heterocycles. The lowest BCUT2D eigenvalue weighted by Gasteiger charge is -2.29. The molecule has 1 aromatic rings. The summed E-state index contributed by atoms with van der Waals surface area (Å²) in [7, 11) is -3.55. The third kappa shape index (κ3) is 2.14. The van der Waals surface area contributed by atoms with Crippen LogP contribution in [-0.4, -0.2) is 24.1 Å². The third-order valence-corrected chi connectivity index (χ3v) is 4.91. The van der Waals surface area contributed by atoms with Crippen LogP contribution in [0.15, 0.2) is 34.3 Å². The van der Waals surface area contributed by atoms with Crippen LogP contribution in [0.1, 0.15) is 32.8 Å². The van der Waals surface area contributed by atoms with Crippen LogP contribution in [0.4, 0.5) is 0 Å². The summed E-state index contributed by atoms with van der Waals surface area (Å²) in [6.07, 6.45) is 0.665. The quantitative estimate of drug-likeness (QED) is 0.826. The van der Waals surface area contributed by atoms with Crippen LogP contribution in [-0.2, 0) is 10.0 Å². The van der Waals surface area contributed by atoms with Crippen LogP contribution < -0.4 is 0 Å². The fourth-order valence-corrected chi connectivity index (χ4v) is 3.85. The zero-order valence-electron chi connectivity index (χ0n) is 11.1. The first-order valence-corrected chi connectivity index (χ1v) is 7.34. The second-order valence-electron chi connectivity index (χ2n) is 5.39. The minimum absolute atomic E-state index is 0.291. The van der Waals surface area contributed by atoms with Gasteiger partial charge in [0, 0.05) is 12.1 Å². The van der Waals surface area contributed by atoms with Crippen LogP contribution in [0.2, 0.25) is 0 Å². The number of hydrogen-bond acceptors (Lipinski definition) is 3. The van der Waals surface area contributed by atoms with Crippen molar-refractivity contribution in [1.82, 2.24) is 4.41 Å². The second-order valence-corrected chi connectivity index (χ2v) is 7.15. The number of nitrogens with zero attached hydrogens (tertiary/aromatic N) is 2. The van der Waals surface area contributed by atoms with Crippen molar-refractivity contribution < 1.29 is 8.42 Å². The first-order chi connectivity index (χ1) is 8.23. The minimum Gasteiger partial charge on any atom is -0.200 e. The van der Waals surface area contributed by atoms with Gasteiger partial charge in [-0.15, -0.1) is 0 Å². The maximum absolute atomic E-state index is 12.5. The number of hydrazone groups is 1. The van der Waals surface area contributed by atoms with Gasteiger partial charge >= 0.3 is 0 Å². The predicted octanol–water partition coefficient (Wildman–Crippen LogP) is 2.54. The molecule has 0 aliphatic carbocycles. The average molecular weight is 266 g/mol. The van der Waals surface area contributed by atoms with Gasteiger partial charge in [-0.3, -0.25) is 0 Å². The summed E-state index contributed by atoms with van der Waals surface area (Å²) in [5.74, 6) is 0. The number of sulfonamides is 1. The summed E-state index contributed by atoms with van der Waals surface area (Å²) in [5.41, 5.74) is 1.39. The SMILES string of the molecule is CC1=NN(S(=O)(=O)c2ccc(C)cc2)C(C)(C)C1. The Kier molecular flexibility index (Phi) is 2.97. The summed E-state index contributed by atoms with van der Waals surface area (Å²) in [5, 5.41) is 4.17. The summed E-state index contributed by atoms with van der Waals surface area (Å²) in [4.78, 5) is 0.291. The van der Waals surface area contributed by atoms with E-state index in [4.69, 9.17) is 0 Å². The molecule has 0 amide bonds. The Balaban J connectivity index is 2.46. The topological polar surface area (TPSA) is 49.7 Å². The van der Waals surface area contributed by atoms with E-state index in [1.54, 1.807) is 24.3 Å². The third-order valence-electron chi connectivity index (χ3n) is 3.01. The van der Waals surface area contributed by atoms with Crippen LogP contribution in [0, 0.1) is 6.92 Å². The largest absolute Gasteiger partial charge is 0.279 e. The minimum atomic E-state index is -3.55. The van der Waals surface area contributed by atoms with Gasteiger partial charge in [-0.05, 0) is 39.8 Å². The molecular formula is C13H18N2O2S. The van der Waals surface area contributed by atoms with E-state index in [1.165, 1.54) is 4.41 Å². The van der Waals surface area contributed by atoms with Gasteiger partial charge in [0.2, 0.25) is 0 Å². The van der Waals surface area contributed by atoms with Gasteiger partial charge in [-0.1, -0.05) is 17.7 Å². The first-order valence-electron chi connectivity index (χ1n) is 5.90. The molecule has 0 radical (unpaired) electrons. The molecule has 0 spiro atoms. The molecule has 1 aliphatic rings. The van der Waals surface area contributed by atoms with E-state index >= 15 is 0 Å². The Morgan fingerprint density at radius 2 is 1.72 bits per heavy atom. The summed E-state index contributed by atoms with van der Waals surface area (Å²) >= 11 is 0. The van der Waals surface area contributed by atoms with Crippen molar-refractivity contribution >= 4 is 15.7 Å². The van der Waals surface area contributed by atoms with E-state index in [0.717, 1.165) is 11.3 Å². The zero-order valence-corrected chi connectivity index (χ0v) is 12.0. The van der Waals surface area contributed by atoms with Crippen molar-refractivity contribution in [3.63, 3.8) is 0 Å². The fourth-order valence-electron chi connectivity index (χ4n) is 2.21. The first kappa shape index (κ1) is 13.1. The predicted molar refractivity (Wildman–Crippen MR) is 72.0 cm³/mol. The molecule has 0 atom stereocenters. The Labute approximate surface area is 108 Å². The average Bonchev–Trinajstić information content (AvgIpc) is 2.53. The van der Waals surface area contributed by atoms with Crippen LogP contribution in [0.5, 0.6) is 0 Å². The molecule has 0 saturated carbocycles. The standard InChI is InChI=1S/C13H18N2O2S/c1-10-5-7-12(8-6-10)18(16,17)15-13(3,4)9-11(2)14-15/h5-8H,9H2,1-4H3. The molecule has 1 heterocycles. The van der Waals surface area contributed by atoms with E-state index in [2.05, 4.69) is 5.10 Å². The molecule has 0 unspecified atom stereocenters. The molecule has 18 heavy (non-hydrogen) atoms. The molecule has 2 rings (SSSR count). The second kappa shape index (κ2) is 4.09. The van der Waals surface area contributed by atoms with Crippen molar-refractivity contribution in [3.05, 3.63) is 29.8 Å². The van der Waals surface area contributed by atoms with Gasteiger partial charge in [-0.2, -0.15) is 17.9 Å². The summed E-state index contributed by atoms with van der Waals surface area (Å²) < 4.78 is 26.3. The smallest absolute Gasteiger partial charge is 0.200 e. The molecule has 1 aliphatic heterocycles. The lowest BCUT2D eigenvalue weighted by molar-refractivity contribution is 0.269. The molecule has 98 valence electrons. The molecule has 1 aromatic carbocycles. The molecule has 0 N–H and O–H groups in total. The van der Waals surface area contributed by atoms with Gasteiger partial charge in [0.15, 0.2) is 0 Å². The normalized spacial score (nSPS) is 18.9. The molecule has 0 saturated heterocycles. The van der Waals surface area contributed by atoms with E-state index in [1.807, 2.05) is 27.7 Å².